The fourth-order valence-corrected chi connectivity index (χ4v) is 7.03. The molecule has 2 heterocycles. The summed E-state index contributed by atoms with van der Waals surface area (Å²) in [6, 6.07) is 9.34. The highest BCUT2D eigenvalue weighted by molar-refractivity contribution is 5.99. The number of pyridine rings is 1. The van der Waals surface area contributed by atoms with Crippen LogP contribution in [0.5, 0.6) is 0 Å². The van der Waals surface area contributed by atoms with E-state index in [0.29, 0.717) is 66.7 Å². The van der Waals surface area contributed by atoms with Gasteiger partial charge in [-0.15, -0.1) is 0 Å². The highest BCUT2D eigenvalue weighted by atomic mass is 16.5. The Hall–Kier alpha value is -3.17. The number of aromatic nitrogens is 1. The van der Waals surface area contributed by atoms with E-state index in [4.69, 9.17) is 10.5 Å². The molecule has 1 saturated heterocycles. The SMILES string of the molecule is NC(=O)c1cnc(Nc2ccc(C(=O)N3CCOCC3)cc2)cc1NC1[C@@H]2CC3C[C@H]1CC(O)(C3)C2. The Labute approximate surface area is 210 Å². The summed E-state index contributed by atoms with van der Waals surface area (Å²) in [5.41, 5.74) is 7.61. The van der Waals surface area contributed by atoms with Gasteiger partial charge >= 0.3 is 0 Å². The van der Waals surface area contributed by atoms with Crippen molar-refractivity contribution in [3.05, 3.63) is 47.7 Å². The summed E-state index contributed by atoms with van der Waals surface area (Å²) in [7, 11) is 0. The van der Waals surface area contributed by atoms with E-state index in [2.05, 4.69) is 15.6 Å². The van der Waals surface area contributed by atoms with Gasteiger partial charge in [-0.2, -0.15) is 0 Å². The molecular formula is C27H33N5O4. The quantitative estimate of drug-likeness (QED) is 0.489. The van der Waals surface area contributed by atoms with Crippen LogP contribution in [0.1, 0.15) is 52.8 Å². The number of carbonyl (C=O) groups excluding carboxylic acids is 2. The Morgan fingerprint density at radius 2 is 1.78 bits per heavy atom. The second kappa shape index (κ2) is 9.05. The maximum absolute atomic E-state index is 12.7. The van der Waals surface area contributed by atoms with Crippen LogP contribution >= 0.6 is 0 Å². The van der Waals surface area contributed by atoms with Crippen molar-refractivity contribution in [3.8, 4) is 0 Å². The van der Waals surface area contributed by atoms with Gasteiger partial charge in [0.15, 0.2) is 0 Å². The number of benzene rings is 1. The minimum atomic E-state index is -0.523. The molecule has 190 valence electrons. The largest absolute Gasteiger partial charge is 0.390 e. The Balaban J connectivity index is 1.18. The smallest absolute Gasteiger partial charge is 0.254 e. The molecule has 9 heteroatoms. The molecule has 0 spiro atoms. The van der Waals surface area contributed by atoms with Gasteiger partial charge in [0, 0.05) is 42.6 Å². The molecule has 5 fully saturated rings. The molecule has 5 aliphatic rings. The highest BCUT2D eigenvalue weighted by Crippen LogP contribution is 2.56. The van der Waals surface area contributed by atoms with E-state index in [0.717, 1.165) is 37.8 Å². The number of hydrogen-bond acceptors (Lipinski definition) is 7. The van der Waals surface area contributed by atoms with Gasteiger partial charge in [-0.25, -0.2) is 4.98 Å². The molecule has 2 amide bonds. The van der Waals surface area contributed by atoms with Gasteiger partial charge in [0.1, 0.15) is 5.82 Å². The number of amides is 2. The van der Waals surface area contributed by atoms with Gasteiger partial charge in [-0.1, -0.05) is 0 Å². The molecule has 4 aliphatic carbocycles. The molecule has 1 aromatic heterocycles. The van der Waals surface area contributed by atoms with Crippen LogP contribution in [-0.2, 0) is 4.74 Å². The number of nitrogens with one attached hydrogen (secondary N) is 2. The Bertz CT molecular complexity index is 1150. The summed E-state index contributed by atoms with van der Waals surface area (Å²) >= 11 is 0. The minimum absolute atomic E-state index is 0.000554. The van der Waals surface area contributed by atoms with Gasteiger partial charge in [-0.05, 0) is 74.1 Å². The van der Waals surface area contributed by atoms with Gasteiger partial charge in [0.25, 0.3) is 11.8 Å². The fraction of sp³-hybridized carbons (Fsp3) is 0.519. The van der Waals surface area contributed by atoms with Gasteiger partial charge in [0.05, 0.1) is 30.1 Å². The van der Waals surface area contributed by atoms with E-state index in [1.54, 1.807) is 17.0 Å². The molecular weight excluding hydrogens is 458 g/mol. The number of nitrogens with two attached hydrogens (primary N) is 1. The molecule has 5 N–H and O–H groups in total. The normalized spacial score (nSPS) is 30.8. The second-order valence-corrected chi connectivity index (χ2v) is 11.0. The highest BCUT2D eigenvalue weighted by Gasteiger charge is 2.54. The molecule has 4 bridgehead atoms. The van der Waals surface area contributed by atoms with Crippen molar-refractivity contribution in [2.75, 3.05) is 36.9 Å². The van der Waals surface area contributed by atoms with Crippen molar-refractivity contribution >= 4 is 29.0 Å². The average molecular weight is 492 g/mol. The van der Waals surface area contributed by atoms with Crippen molar-refractivity contribution < 1.29 is 19.4 Å². The monoisotopic (exact) mass is 491 g/mol. The predicted octanol–water partition coefficient (Wildman–Crippen LogP) is 2.75. The van der Waals surface area contributed by atoms with Gasteiger partial charge in [0.2, 0.25) is 0 Å². The fourth-order valence-electron chi connectivity index (χ4n) is 7.03. The van der Waals surface area contributed by atoms with Crippen LogP contribution in [0.25, 0.3) is 0 Å². The van der Waals surface area contributed by atoms with Crippen LogP contribution < -0.4 is 16.4 Å². The van der Waals surface area contributed by atoms with Crippen molar-refractivity contribution in [2.45, 2.75) is 43.7 Å². The van der Waals surface area contributed by atoms with Crippen molar-refractivity contribution in [1.29, 1.82) is 0 Å². The number of anilines is 3. The lowest BCUT2D eigenvalue weighted by Crippen LogP contribution is -2.59. The third-order valence-electron chi connectivity index (χ3n) is 8.43. The van der Waals surface area contributed by atoms with E-state index in [9.17, 15) is 14.7 Å². The molecule has 7 rings (SSSR count). The van der Waals surface area contributed by atoms with Gasteiger partial charge in [-0.3, -0.25) is 9.59 Å². The van der Waals surface area contributed by atoms with Gasteiger partial charge < -0.3 is 31.1 Å². The second-order valence-electron chi connectivity index (χ2n) is 11.0. The number of aliphatic hydroxyl groups is 1. The number of carbonyl (C=O) groups is 2. The molecule has 0 radical (unpaired) electrons. The van der Waals surface area contributed by atoms with Crippen LogP contribution in [0.3, 0.4) is 0 Å². The Kier molecular flexibility index (Phi) is 5.84. The Morgan fingerprint density at radius 1 is 1.08 bits per heavy atom. The van der Waals surface area contributed by atoms with Crippen LogP contribution in [0.2, 0.25) is 0 Å². The molecule has 3 unspecified atom stereocenters. The lowest BCUT2D eigenvalue weighted by molar-refractivity contribution is -0.129. The Morgan fingerprint density at radius 3 is 2.42 bits per heavy atom. The van der Waals surface area contributed by atoms with Crippen LogP contribution in [-0.4, -0.2) is 64.8 Å². The predicted molar refractivity (Wildman–Crippen MR) is 135 cm³/mol. The molecule has 4 saturated carbocycles. The summed E-state index contributed by atoms with van der Waals surface area (Å²) in [5.74, 6) is 1.45. The summed E-state index contributed by atoms with van der Waals surface area (Å²) in [6.07, 6.45) is 6.30. The minimum Gasteiger partial charge on any atom is -0.390 e. The van der Waals surface area contributed by atoms with Crippen LogP contribution in [0.15, 0.2) is 36.5 Å². The standard InChI is InChI=1S/C27H33N5O4/c28-25(33)21-15-29-23(30-20-3-1-17(2-4-20)26(34)32-5-7-36-8-6-32)11-22(21)31-24-18-9-16-10-19(24)14-27(35,12-16)13-18/h1-4,11,15-16,18-19,24,35H,5-10,12-14H2,(H2,28,33)(H2,29,30,31)/t16?,18-,19+,24?,27?. The van der Waals surface area contributed by atoms with Crippen LogP contribution in [0, 0.1) is 17.8 Å². The topological polar surface area (TPSA) is 130 Å². The van der Waals surface area contributed by atoms with Crippen molar-refractivity contribution in [1.82, 2.24) is 9.88 Å². The summed E-state index contributed by atoms with van der Waals surface area (Å²) < 4.78 is 5.33. The third-order valence-corrected chi connectivity index (χ3v) is 8.43. The molecule has 1 aliphatic heterocycles. The lowest BCUT2D eigenvalue weighted by atomic mass is 9.52. The van der Waals surface area contributed by atoms with E-state index >= 15 is 0 Å². The van der Waals surface area contributed by atoms with Crippen LogP contribution in [0.4, 0.5) is 17.2 Å². The van der Waals surface area contributed by atoms with Crippen molar-refractivity contribution in [3.63, 3.8) is 0 Å². The van der Waals surface area contributed by atoms with E-state index in [1.807, 2.05) is 18.2 Å². The summed E-state index contributed by atoms with van der Waals surface area (Å²) in [5, 5.41) is 17.8. The maximum Gasteiger partial charge on any atom is 0.254 e. The first kappa shape index (κ1) is 23.2. The zero-order valence-corrected chi connectivity index (χ0v) is 20.3. The number of ether oxygens (including phenoxy) is 1. The van der Waals surface area contributed by atoms with E-state index < -0.39 is 11.5 Å². The van der Waals surface area contributed by atoms with Crippen molar-refractivity contribution in [2.24, 2.45) is 23.5 Å². The summed E-state index contributed by atoms with van der Waals surface area (Å²) in [4.78, 5) is 31.1. The lowest BCUT2D eigenvalue weighted by Gasteiger charge is -2.58. The number of morpholine rings is 1. The first-order valence-corrected chi connectivity index (χ1v) is 12.9. The number of primary amides is 1. The zero-order chi connectivity index (χ0) is 24.9. The zero-order valence-electron chi connectivity index (χ0n) is 20.3. The molecule has 9 nitrogen and oxygen atoms in total. The molecule has 1 aromatic carbocycles. The first-order valence-electron chi connectivity index (χ1n) is 12.9. The molecule has 2 aromatic rings. The average Bonchev–Trinajstić information content (AvgIpc) is 2.86. The molecule has 5 atom stereocenters. The number of rotatable bonds is 6. The summed E-state index contributed by atoms with van der Waals surface area (Å²) in [6.45, 7) is 2.35. The molecule has 36 heavy (non-hydrogen) atoms. The first-order chi connectivity index (χ1) is 17.4. The van der Waals surface area contributed by atoms with E-state index in [1.165, 1.54) is 6.20 Å². The number of hydrogen-bond donors (Lipinski definition) is 4. The van der Waals surface area contributed by atoms with E-state index in [-0.39, 0.29) is 11.9 Å². The maximum atomic E-state index is 12.7. The number of nitrogens with zero attached hydrogens (tertiary/aromatic N) is 2. The third kappa shape index (κ3) is 4.41.